The lowest BCUT2D eigenvalue weighted by Gasteiger charge is -2.17. The number of nitrogens with zero attached hydrogens (tertiary/aromatic N) is 4. The molecule has 0 spiro atoms. The van der Waals surface area contributed by atoms with Crippen LogP contribution in [-0.2, 0) is 10.0 Å². The van der Waals surface area contributed by atoms with Gasteiger partial charge in [-0.3, -0.25) is 4.79 Å². The normalized spacial score (nSPS) is 11.9. The van der Waals surface area contributed by atoms with Crippen LogP contribution in [0.4, 0.5) is 9.52 Å². The van der Waals surface area contributed by atoms with E-state index < -0.39 is 15.9 Å². The predicted octanol–water partition coefficient (Wildman–Crippen LogP) is 5.55. The van der Waals surface area contributed by atoms with E-state index in [9.17, 15) is 17.6 Å². The van der Waals surface area contributed by atoms with Crippen LogP contribution in [0.1, 0.15) is 35.7 Å². The highest BCUT2D eigenvalue weighted by Gasteiger charge is 2.24. The molecule has 4 aromatic rings. The van der Waals surface area contributed by atoms with E-state index >= 15 is 0 Å². The molecule has 0 aliphatic carbocycles. The number of hydrogen-bond donors (Lipinski definition) is 0. The maximum Gasteiger partial charge on any atom is 0.280 e. The number of sulfonamides is 1. The van der Waals surface area contributed by atoms with E-state index in [-0.39, 0.29) is 16.3 Å². The number of unbranched alkanes of at least 4 members (excludes halogenated alkanes) is 1. The van der Waals surface area contributed by atoms with E-state index in [1.807, 2.05) is 13.0 Å². The Bertz CT molecular complexity index is 1550. The number of methoxy groups -OCH3 is 1. The first-order valence-corrected chi connectivity index (χ1v) is 14.1. The van der Waals surface area contributed by atoms with Crippen LogP contribution in [-0.4, -0.2) is 50.5 Å². The standard InChI is InChI=1S/C27H27FN4O4S2/c1-4-5-16-31(2)38(34,35)23-13-8-20(9-14-23)26(33)32(29-18-19-6-10-21(28)11-7-19)27-30-24-15-12-22(36-3)17-25(24)37-27/h6-15,17-18H,4-5,16H2,1-3H3/b29-18+. The van der Waals surface area contributed by atoms with Crippen LogP contribution < -0.4 is 9.75 Å². The summed E-state index contributed by atoms with van der Waals surface area (Å²) in [4.78, 5) is 18.3. The molecule has 0 saturated heterocycles. The highest BCUT2D eigenvalue weighted by Crippen LogP contribution is 2.32. The molecule has 8 nitrogen and oxygen atoms in total. The number of hydrazone groups is 1. The summed E-state index contributed by atoms with van der Waals surface area (Å²) in [7, 11) is -0.567. The minimum Gasteiger partial charge on any atom is -0.497 e. The Hall–Kier alpha value is -3.67. The summed E-state index contributed by atoms with van der Waals surface area (Å²) < 4.78 is 46.5. The van der Waals surface area contributed by atoms with Gasteiger partial charge in [-0.2, -0.15) is 10.1 Å². The monoisotopic (exact) mass is 554 g/mol. The third kappa shape index (κ3) is 6.07. The topological polar surface area (TPSA) is 92.2 Å². The van der Waals surface area contributed by atoms with Crippen LogP contribution in [0.2, 0.25) is 0 Å². The molecule has 38 heavy (non-hydrogen) atoms. The van der Waals surface area contributed by atoms with Crippen LogP contribution >= 0.6 is 11.3 Å². The van der Waals surface area contributed by atoms with Gasteiger partial charge in [-0.15, -0.1) is 0 Å². The molecule has 0 atom stereocenters. The third-order valence-corrected chi connectivity index (χ3v) is 8.65. The largest absolute Gasteiger partial charge is 0.497 e. The van der Waals surface area contributed by atoms with E-state index in [1.54, 1.807) is 31.4 Å². The first-order valence-electron chi connectivity index (χ1n) is 11.9. The van der Waals surface area contributed by atoms with Gasteiger partial charge in [0.15, 0.2) is 0 Å². The van der Waals surface area contributed by atoms with E-state index in [4.69, 9.17) is 4.74 Å². The van der Waals surface area contributed by atoms with Gasteiger partial charge in [0.25, 0.3) is 5.91 Å². The SMILES string of the molecule is CCCCN(C)S(=O)(=O)c1ccc(C(=O)N(/N=C/c2ccc(F)cc2)c2nc3ccc(OC)cc3s2)cc1. The number of amides is 1. The van der Waals surface area contributed by atoms with Gasteiger partial charge in [0.05, 0.1) is 28.4 Å². The van der Waals surface area contributed by atoms with Gasteiger partial charge in [-0.05, 0) is 66.6 Å². The molecule has 11 heteroatoms. The molecule has 0 bridgehead atoms. The van der Waals surface area contributed by atoms with E-state index in [0.29, 0.717) is 28.5 Å². The van der Waals surface area contributed by atoms with E-state index in [2.05, 4.69) is 10.1 Å². The van der Waals surface area contributed by atoms with Crippen molar-refractivity contribution in [1.29, 1.82) is 0 Å². The molecule has 4 rings (SSSR count). The number of carbonyl (C=O) groups excluding carboxylic acids is 1. The number of ether oxygens (including phenoxy) is 1. The number of fused-ring (bicyclic) bond motifs is 1. The van der Waals surface area contributed by atoms with Crippen molar-refractivity contribution in [3.05, 3.63) is 83.7 Å². The average molecular weight is 555 g/mol. The fraction of sp³-hybridized carbons (Fsp3) is 0.222. The summed E-state index contributed by atoms with van der Waals surface area (Å²) in [6.07, 6.45) is 3.06. The molecule has 1 heterocycles. The zero-order chi connectivity index (χ0) is 27.3. The van der Waals surface area contributed by atoms with Crippen LogP contribution in [0.5, 0.6) is 5.75 Å². The molecule has 0 saturated carbocycles. The van der Waals surface area contributed by atoms with Crippen molar-refractivity contribution >= 4 is 48.8 Å². The highest BCUT2D eigenvalue weighted by molar-refractivity contribution is 7.89. The van der Waals surface area contributed by atoms with Crippen molar-refractivity contribution in [2.75, 3.05) is 25.7 Å². The van der Waals surface area contributed by atoms with Crippen molar-refractivity contribution < 1.29 is 22.3 Å². The second-order valence-electron chi connectivity index (χ2n) is 8.45. The predicted molar refractivity (Wildman–Crippen MR) is 148 cm³/mol. The average Bonchev–Trinajstić information content (AvgIpc) is 3.35. The second kappa shape index (κ2) is 11.8. The Labute approximate surface area is 225 Å². The van der Waals surface area contributed by atoms with Gasteiger partial charge in [-0.25, -0.2) is 22.1 Å². The number of anilines is 1. The fourth-order valence-electron chi connectivity index (χ4n) is 3.54. The summed E-state index contributed by atoms with van der Waals surface area (Å²) in [6, 6.07) is 16.8. The first-order chi connectivity index (χ1) is 18.2. The minimum absolute atomic E-state index is 0.0982. The van der Waals surface area contributed by atoms with Gasteiger partial charge in [0.1, 0.15) is 11.6 Å². The minimum atomic E-state index is -3.67. The maximum atomic E-state index is 13.6. The molecule has 0 unspecified atom stereocenters. The number of benzene rings is 3. The maximum absolute atomic E-state index is 13.6. The van der Waals surface area contributed by atoms with Crippen molar-refractivity contribution in [3.63, 3.8) is 0 Å². The Morgan fingerprint density at radius 1 is 1.11 bits per heavy atom. The quantitative estimate of drug-likeness (QED) is 0.189. The Morgan fingerprint density at radius 3 is 2.47 bits per heavy atom. The molecule has 1 amide bonds. The Morgan fingerprint density at radius 2 is 1.82 bits per heavy atom. The van der Waals surface area contributed by atoms with Crippen molar-refractivity contribution in [2.45, 2.75) is 24.7 Å². The molecular weight excluding hydrogens is 527 g/mol. The molecule has 198 valence electrons. The molecule has 3 aromatic carbocycles. The van der Waals surface area contributed by atoms with E-state index in [1.165, 1.54) is 65.3 Å². The second-order valence-corrected chi connectivity index (χ2v) is 11.5. The van der Waals surface area contributed by atoms with Crippen molar-refractivity contribution in [3.8, 4) is 5.75 Å². The Kier molecular flexibility index (Phi) is 8.50. The fourth-order valence-corrected chi connectivity index (χ4v) is 5.70. The Balaban J connectivity index is 1.68. The van der Waals surface area contributed by atoms with Crippen molar-refractivity contribution in [2.24, 2.45) is 5.10 Å². The number of hydrogen-bond acceptors (Lipinski definition) is 7. The lowest BCUT2D eigenvalue weighted by molar-refractivity contribution is 0.0987. The molecule has 0 radical (unpaired) electrons. The summed E-state index contributed by atoms with van der Waals surface area (Å²) in [5, 5.41) is 5.83. The molecule has 0 aliphatic rings. The lowest BCUT2D eigenvalue weighted by Crippen LogP contribution is -2.28. The number of rotatable bonds is 10. The molecule has 1 aromatic heterocycles. The zero-order valence-electron chi connectivity index (χ0n) is 21.2. The van der Waals surface area contributed by atoms with Crippen LogP contribution in [0.3, 0.4) is 0 Å². The first kappa shape index (κ1) is 27.4. The van der Waals surface area contributed by atoms with Gasteiger partial charge in [-0.1, -0.05) is 36.8 Å². The van der Waals surface area contributed by atoms with Gasteiger partial charge in [0, 0.05) is 19.2 Å². The zero-order valence-corrected chi connectivity index (χ0v) is 22.8. The van der Waals surface area contributed by atoms with Crippen LogP contribution in [0.25, 0.3) is 10.2 Å². The summed E-state index contributed by atoms with van der Waals surface area (Å²) in [6.45, 7) is 2.40. The lowest BCUT2D eigenvalue weighted by atomic mass is 10.2. The van der Waals surface area contributed by atoms with Gasteiger partial charge < -0.3 is 4.74 Å². The van der Waals surface area contributed by atoms with E-state index in [0.717, 1.165) is 22.6 Å². The number of thiazole rings is 1. The van der Waals surface area contributed by atoms with Crippen LogP contribution in [0, 0.1) is 5.82 Å². The molecule has 0 aliphatic heterocycles. The number of halogens is 1. The number of aromatic nitrogens is 1. The van der Waals surface area contributed by atoms with Crippen molar-refractivity contribution in [1.82, 2.24) is 9.29 Å². The van der Waals surface area contributed by atoms with Crippen LogP contribution in [0.15, 0.2) is 76.7 Å². The smallest absolute Gasteiger partial charge is 0.280 e. The summed E-state index contributed by atoms with van der Waals surface area (Å²) in [5.41, 5.74) is 1.48. The highest BCUT2D eigenvalue weighted by atomic mass is 32.2. The summed E-state index contributed by atoms with van der Waals surface area (Å²) >= 11 is 1.25. The molecular formula is C27H27FN4O4S2. The molecule has 0 fully saturated rings. The number of carbonyl (C=O) groups is 1. The molecule has 0 N–H and O–H groups in total. The third-order valence-electron chi connectivity index (χ3n) is 5.79. The van der Waals surface area contributed by atoms with Gasteiger partial charge in [0.2, 0.25) is 15.2 Å². The van der Waals surface area contributed by atoms with Gasteiger partial charge >= 0.3 is 0 Å². The summed E-state index contributed by atoms with van der Waals surface area (Å²) in [5.74, 6) is -0.232.